The molecule has 0 radical (unpaired) electrons. The van der Waals surface area contributed by atoms with Crippen LogP contribution in [0.5, 0.6) is 0 Å². The first-order valence-electron chi connectivity index (χ1n) is 6.16. The topological polar surface area (TPSA) is 68.0 Å². The Bertz CT molecular complexity index is 566. The van der Waals surface area contributed by atoms with Gasteiger partial charge in [0.15, 0.2) is 0 Å². The number of carbonyl (C=O) groups is 1. The SMILES string of the molecule is CCCCNC(=O)c1ccc2cccc(N)c2n1. The Morgan fingerprint density at radius 2 is 2.17 bits per heavy atom. The van der Waals surface area contributed by atoms with Crippen LogP contribution < -0.4 is 11.1 Å². The Morgan fingerprint density at radius 1 is 1.33 bits per heavy atom. The number of nitrogens with one attached hydrogen (secondary N) is 1. The maximum Gasteiger partial charge on any atom is 0.269 e. The fourth-order valence-electron chi connectivity index (χ4n) is 1.77. The Kier molecular flexibility index (Phi) is 3.77. The van der Waals surface area contributed by atoms with Gasteiger partial charge in [-0.2, -0.15) is 0 Å². The van der Waals surface area contributed by atoms with Crippen LogP contribution in [0.3, 0.4) is 0 Å². The molecule has 1 aromatic heterocycles. The zero-order valence-corrected chi connectivity index (χ0v) is 10.4. The van der Waals surface area contributed by atoms with Crippen LogP contribution in [0.2, 0.25) is 0 Å². The number of nitrogens with two attached hydrogens (primary N) is 1. The molecule has 2 rings (SSSR count). The molecule has 4 nitrogen and oxygen atoms in total. The van der Waals surface area contributed by atoms with E-state index in [0.717, 1.165) is 18.2 Å². The molecule has 94 valence electrons. The lowest BCUT2D eigenvalue weighted by Gasteiger charge is -2.06. The predicted octanol–water partition coefficient (Wildman–Crippen LogP) is 2.35. The first-order chi connectivity index (χ1) is 8.72. The minimum atomic E-state index is -0.145. The summed E-state index contributed by atoms with van der Waals surface area (Å²) in [4.78, 5) is 16.2. The summed E-state index contributed by atoms with van der Waals surface area (Å²) in [6.45, 7) is 2.76. The number of fused-ring (bicyclic) bond motifs is 1. The van der Waals surface area contributed by atoms with Gasteiger partial charge in [-0.15, -0.1) is 0 Å². The number of anilines is 1. The van der Waals surface area contributed by atoms with Gasteiger partial charge in [0.05, 0.1) is 11.2 Å². The zero-order chi connectivity index (χ0) is 13.0. The largest absolute Gasteiger partial charge is 0.397 e. The molecule has 2 aromatic rings. The first kappa shape index (κ1) is 12.4. The van der Waals surface area contributed by atoms with E-state index in [9.17, 15) is 4.79 Å². The molecule has 0 atom stereocenters. The van der Waals surface area contributed by atoms with Gasteiger partial charge >= 0.3 is 0 Å². The lowest BCUT2D eigenvalue weighted by Crippen LogP contribution is -2.25. The Morgan fingerprint density at radius 3 is 2.94 bits per heavy atom. The smallest absolute Gasteiger partial charge is 0.269 e. The van der Waals surface area contributed by atoms with Crippen molar-refractivity contribution in [3.8, 4) is 0 Å². The van der Waals surface area contributed by atoms with Crippen molar-refractivity contribution in [1.82, 2.24) is 10.3 Å². The van der Waals surface area contributed by atoms with E-state index in [4.69, 9.17) is 5.73 Å². The number of benzene rings is 1. The number of aromatic nitrogens is 1. The van der Waals surface area contributed by atoms with Crippen molar-refractivity contribution in [3.63, 3.8) is 0 Å². The number of nitrogen functional groups attached to an aromatic ring is 1. The monoisotopic (exact) mass is 243 g/mol. The summed E-state index contributed by atoms with van der Waals surface area (Å²) >= 11 is 0. The average Bonchev–Trinajstić information content (AvgIpc) is 2.39. The van der Waals surface area contributed by atoms with E-state index in [0.29, 0.717) is 23.4 Å². The summed E-state index contributed by atoms with van der Waals surface area (Å²) in [6.07, 6.45) is 2.03. The number of carbonyl (C=O) groups excluding carboxylic acids is 1. The molecule has 0 aliphatic heterocycles. The predicted molar refractivity (Wildman–Crippen MR) is 73.4 cm³/mol. The summed E-state index contributed by atoms with van der Waals surface area (Å²) in [5.41, 5.74) is 7.54. The zero-order valence-electron chi connectivity index (χ0n) is 10.4. The maximum atomic E-state index is 11.9. The molecule has 3 N–H and O–H groups in total. The third kappa shape index (κ3) is 2.59. The van der Waals surface area contributed by atoms with E-state index >= 15 is 0 Å². The van der Waals surface area contributed by atoms with Crippen LogP contribution >= 0.6 is 0 Å². The molecule has 0 saturated carbocycles. The number of pyridine rings is 1. The van der Waals surface area contributed by atoms with Crippen molar-refractivity contribution in [1.29, 1.82) is 0 Å². The molecule has 0 fully saturated rings. The highest BCUT2D eigenvalue weighted by molar-refractivity contribution is 5.97. The van der Waals surface area contributed by atoms with Crippen LogP contribution in [0.15, 0.2) is 30.3 Å². The van der Waals surface area contributed by atoms with E-state index in [1.807, 2.05) is 18.2 Å². The van der Waals surface area contributed by atoms with E-state index in [2.05, 4.69) is 17.2 Å². The highest BCUT2D eigenvalue weighted by Gasteiger charge is 2.08. The second kappa shape index (κ2) is 5.49. The quantitative estimate of drug-likeness (QED) is 0.639. The van der Waals surface area contributed by atoms with E-state index in [-0.39, 0.29) is 5.91 Å². The summed E-state index contributed by atoms with van der Waals surface area (Å²) in [5, 5.41) is 3.79. The van der Waals surface area contributed by atoms with Gasteiger partial charge in [-0.25, -0.2) is 4.98 Å². The van der Waals surface area contributed by atoms with Crippen molar-refractivity contribution < 1.29 is 4.79 Å². The van der Waals surface area contributed by atoms with Gasteiger partial charge in [0.25, 0.3) is 5.91 Å². The molecule has 0 aliphatic rings. The summed E-state index contributed by atoms with van der Waals surface area (Å²) < 4.78 is 0. The molecule has 0 spiro atoms. The number of hydrogen-bond acceptors (Lipinski definition) is 3. The van der Waals surface area contributed by atoms with Gasteiger partial charge in [0.1, 0.15) is 5.69 Å². The fraction of sp³-hybridized carbons (Fsp3) is 0.286. The van der Waals surface area contributed by atoms with Crippen LogP contribution in [0, 0.1) is 0 Å². The van der Waals surface area contributed by atoms with Crippen LogP contribution in [0.4, 0.5) is 5.69 Å². The van der Waals surface area contributed by atoms with Gasteiger partial charge in [0.2, 0.25) is 0 Å². The van der Waals surface area contributed by atoms with Gasteiger partial charge < -0.3 is 11.1 Å². The summed E-state index contributed by atoms with van der Waals surface area (Å²) in [6, 6.07) is 9.18. The molecule has 0 saturated heterocycles. The van der Waals surface area contributed by atoms with Gasteiger partial charge in [0, 0.05) is 11.9 Å². The van der Waals surface area contributed by atoms with Crippen molar-refractivity contribution in [2.24, 2.45) is 0 Å². The average molecular weight is 243 g/mol. The molecule has 1 amide bonds. The lowest BCUT2D eigenvalue weighted by molar-refractivity contribution is 0.0948. The summed E-state index contributed by atoms with van der Waals surface area (Å²) in [5.74, 6) is -0.145. The fourth-order valence-corrected chi connectivity index (χ4v) is 1.77. The Hall–Kier alpha value is -2.10. The molecule has 0 unspecified atom stereocenters. The van der Waals surface area contributed by atoms with E-state index in [1.165, 1.54) is 0 Å². The highest BCUT2D eigenvalue weighted by atomic mass is 16.1. The van der Waals surface area contributed by atoms with Crippen molar-refractivity contribution >= 4 is 22.5 Å². The van der Waals surface area contributed by atoms with Gasteiger partial charge in [-0.05, 0) is 18.6 Å². The number of unbranched alkanes of at least 4 members (excludes halogenated alkanes) is 1. The van der Waals surface area contributed by atoms with Gasteiger partial charge in [-0.3, -0.25) is 4.79 Å². The number of amides is 1. The van der Waals surface area contributed by atoms with Crippen molar-refractivity contribution in [3.05, 3.63) is 36.0 Å². The van der Waals surface area contributed by atoms with Crippen molar-refractivity contribution in [2.75, 3.05) is 12.3 Å². The van der Waals surface area contributed by atoms with Crippen LogP contribution in [0.1, 0.15) is 30.3 Å². The number of rotatable bonds is 4. The highest BCUT2D eigenvalue weighted by Crippen LogP contribution is 2.18. The van der Waals surface area contributed by atoms with Crippen LogP contribution in [0.25, 0.3) is 10.9 Å². The molecule has 1 aromatic carbocycles. The first-order valence-corrected chi connectivity index (χ1v) is 6.16. The minimum Gasteiger partial charge on any atom is -0.397 e. The molecule has 0 aliphatic carbocycles. The standard InChI is InChI=1S/C14H17N3O/c1-2-3-9-16-14(18)12-8-7-10-5-4-6-11(15)13(10)17-12/h4-8H,2-3,9,15H2,1H3,(H,16,18). The normalized spacial score (nSPS) is 10.5. The Balaban J connectivity index is 2.24. The second-order valence-corrected chi connectivity index (χ2v) is 4.22. The molecule has 4 heteroatoms. The van der Waals surface area contributed by atoms with Crippen molar-refractivity contribution in [2.45, 2.75) is 19.8 Å². The van der Waals surface area contributed by atoms with Gasteiger partial charge in [-0.1, -0.05) is 31.5 Å². The lowest BCUT2D eigenvalue weighted by atomic mass is 10.1. The number of hydrogen-bond donors (Lipinski definition) is 2. The van der Waals surface area contributed by atoms with E-state index < -0.39 is 0 Å². The maximum absolute atomic E-state index is 11.9. The van der Waals surface area contributed by atoms with E-state index in [1.54, 1.807) is 12.1 Å². The third-order valence-corrected chi connectivity index (χ3v) is 2.80. The summed E-state index contributed by atoms with van der Waals surface area (Å²) in [7, 11) is 0. The molecular weight excluding hydrogens is 226 g/mol. The molecule has 1 heterocycles. The minimum absolute atomic E-state index is 0.145. The second-order valence-electron chi connectivity index (χ2n) is 4.22. The molecular formula is C14H17N3O. The number of nitrogens with zero attached hydrogens (tertiary/aromatic N) is 1. The van der Waals surface area contributed by atoms with Crippen LogP contribution in [-0.2, 0) is 0 Å². The molecule has 0 bridgehead atoms. The third-order valence-electron chi connectivity index (χ3n) is 2.80. The Labute approximate surface area is 106 Å². The van der Waals surface area contributed by atoms with Crippen LogP contribution in [-0.4, -0.2) is 17.4 Å². The molecule has 18 heavy (non-hydrogen) atoms. The number of para-hydroxylation sites is 1.